The molecule has 0 unspecified atom stereocenters. The fraction of sp³-hybridized carbons (Fsp3) is 0.917. The molecule has 1 rings (SSSR count). The number of carbonyl (C=O) groups is 1. The van der Waals surface area contributed by atoms with Crippen molar-refractivity contribution in [3.05, 3.63) is 0 Å². The summed E-state index contributed by atoms with van der Waals surface area (Å²) in [5, 5.41) is 3.38. The van der Waals surface area contributed by atoms with Crippen molar-refractivity contribution >= 4 is 5.97 Å². The van der Waals surface area contributed by atoms with Crippen LogP contribution < -0.4 is 5.32 Å². The van der Waals surface area contributed by atoms with Crippen LogP contribution in [0.1, 0.15) is 47.0 Å². The molecule has 1 aliphatic heterocycles. The van der Waals surface area contributed by atoms with Crippen LogP contribution in [-0.4, -0.2) is 24.2 Å². The third-order valence-electron chi connectivity index (χ3n) is 2.73. The molecule has 1 heterocycles. The molecule has 15 heavy (non-hydrogen) atoms. The zero-order valence-corrected chi connectivity index (χ0v) is 10.3. The van der Waals surface area contributed by atoms with Crippen molar-refractivity contribution in [3.8, 4) is 0 Å². The van der Waals surface area contributed by atoms with Gasteiger partial charge < -0.3 is 10.1 Å². The summed E-state index contributed by atoms with van der Waals surface area (Å²) in [6.07, 6.45) is 3.02. The number of ether oxygens (including phenoxy) is 1. The highest BCUT2D eigenvalue weighted by Crippen LogP contribution is 2.22. The number of rotatable bonds is 2. The second-order valence-electron chi connectivity index (χ2n) is 5.25. The molecule has 0 aromatic heterocycles. The van der Waals surface area contributed by atoms with Crippen LogP contribution in [0.15, 0.2) is 0 Å². The second kappa shape index (κ2) is 4.97. The molecule has 1 saturated heterocycles. The molecule has 0 saturated carbocycles. The minimum absolute atomic E-state index is 0.0402. The summed E-state index contributed by atoms with van der Waals surface area (Å²) in [5.41, 5.74) is -0.368. The number of hydrogen-bond donors (Lipinski definition) is 1. The third kappa shape index (κ3) is 3.82. The standard InChI is InChI=1S/C12H23NO2/c1-5-10-9(7-6-8-13-10)11(14)15-12(2,3)4/h9-10,13H,5-8H2,1-4H3/t9-,10-/m0/s1. The van der Waals surface area contributed by atoms with Gasteiger partial charge in [0.15, 0.2) is 0 Å². The molecule has 0 aliphatic carbocycles. The minimum Gasteiger partial charge on any atom is -0.460 e. The smallest absolute Gasteiger partial charge is 0.311 e. The Morgan fingerprint density at radius 3 is 2.67 bits per heavy atom. The highest BCUT2D eigenvalue weighted by Gasteiger charge is 2.32. The average Bonchev–Trinajstić information content (AvgIpc) is 2.15. The van der Waals surface area contributed by atoms with Gasteiger partial charge in [-0.05, 0) is 46.6 Å². The molecule has 0 aromatic rings. The van der Waals surface area contributed by atoms with Crippen LogP contribution in [0.3, 0.4) is 0 Å². The zero-order chi connectivity index (χ0) is 11.5. The maximum atomic E-state index is 11.9. The van der Waals surface area contributed by atoms with E-state index in [1.165, 1.54) is 0 Å². The van der Waals surface area contributed by atoms with E-state index >= 15 is 0 Å². The van der Waals surface area contributed by atoms with Crippen LogP contribution in [0.25, 0.3) is 0 Å². The number of hydrogen-bond acceptors (Lipinski definition) is 3. The first-order valence-electron chi connectivity index (χ1n) is 5.90. The van der Waals surface area contributed by atoms with Gasteiger partial charge in [-0.15, -0.1) is 0 Å². The van der Waals surface area contributed by atoms with Crippen LogP contribution >= 0.6 is 0 Å². The van der Waals surface area contributed by atoms with Gasteiger partial charge >= 0.3 is 5.97 Å². The molecule has 0 bridgehead atoms. The van der Waals surface area contributed by atoms with Crippen LogP contribution in [0.5, 0.6) is 0 Å². The molecule has 1 N–H and O–H groups in total. The fourth-order valence-electron chi connectivity index (χ4n) is 2.04. The quantitative estimate of drug-likeness (QED) is 0.714. The van der Waals surface area contributed by atoms with Crippen molar-refractivity contribution in [2.24, 2.45) is 5.92 Å². The van der Waals surface area contributed by atoms with Crippen LogP contribution in [0.4, 0.5) is 0 Å². The Morgan fingerprint density at radius 1 is 1.47 bits per heavy atom. The molecule has 3 nitrogen and oxygen atoms in total. The maximum absolute atomic E-state index is 11.9. The van der Waals surface area contributed by atoms with Crippen LogP contribution in [-0.2, 0) is 9.53 Å². The van der Waals surface area contributed by atoms with Crippen molar-refractivity contribution in [1.82, 2.24) is 5.32 Å². The van der Waals surface area contributed by atoms with Crippen molar-refractivity contribution in [3.63, 3.8) is 0 Å². The molecule has 0 spiro atoms. The monoisotopic (exact) mass is 213 g/mol. The van der Waals surface area contributed by atoms with Gasteiger partial charge in [0.1, 0.15) is 5.60 Å². The number of nitrogens with one attached hydrogen (secondary N) is 1. The zero-order valence-electron chi connectivity index (χ0n) is 10.3. The SMILES string of the molecule is CC[C@@H]1NCCC[C@@H]1C(=O)OC(C)(C)C. The van der Waals surface area contributed by atoms with Crippen molar-refractivity contribution in [2.45, 2.75) is 58.6 Å². The maximum Gasteiger partial charge on any atom is 0.311 e. The Bertz CT molecular complexity index is 220. The van der Waals surface area contributed by atoms with Gasteiger partial charge in [0, 0.05) is 6.04 Å². The molecule has 0 amide bonds. The number of piperidine rings is 1. The number of esters is 1. The van der Waals surface area contributed by atoms with Gasteiger partial charge in [-0.3, -0.25) is 4.79 Å². The normalized spacial score (nSPS) is 27.5. The molecular weight excluding hydrogens is 190 g/mol. The number of carbonyl (C=O) groups excluding carboxylic acids is 1. The third-order valence-corrected chi connectivity index (χ3v) is 2.73. The van der Waals surface area contributed by atoms with Gasteiger partial charge in [0.05, 0.1) is 5.92 Å². The summed E-state index contributed by atoms with van der Waals surface area (Å²) in [7, 11) is 0. The summed E-state index contributed by atoms with van der Waals surface area (Å²) in [6.45, 7) is 8.89. The molecule has 1 fully saturated rings. The lowest BCUT2D eigenvalue weighted by Crippen LogP contribution is -2.46. The summed E-state index contributed by atoms with van der Waals surface area (Å²) < 4.78 is 5.43. The van der Waals surface area contributed by atoms with Crippen LogP contribution in [0.2, 0.25) is 0 Å². The van der Waals surface area contributed by atoms with E-state index < -0.39 is 0 Å². The molecule has 88 valence electrons. The predicted octanol–water partition coefficient (Wildman–Crippen LogP) is 2.11. The van der Waals surface area contributed by atoms with E-state index in [1.807, 2.05) is 20.8 Å². The van der Waals surface area contributed by atoms with E-state index in [4.69, 9.17) is 4.74 Å². The van der Waals surface area contributed by atoms with E-state index in [0.717, 1.165) is 25.8 Å². The second-order valence-corrected chi connectivity index (χ2v) is 5.25. The van der Waals surface area contributed by atoms with Gasteiger partial charge in [0.2, 0.25) is 0 Å². The van der Waals surface area contributed by atoms with Crippen molar-refractivity contribution in [2.75, 3.05) is 6.54 Å². The lowest BCUT2D eigenvalue weighted by molar-refractivity contribution is -0.162. The topological polar surface area (TPSA) is 38.3 Å². The Hall–Kier alpha value is -0.570. The minimum atomic E-state index is -0.368. The lowest BCUT2D eigenvalue weighted by atomic mass is 9.89. The molecule has 0 radical (unpaired) electrons. The van der Waals surface area contributed by atoms with Gasteiger partial charge in [-0.25, -0.2) is 0 Å². The first-order valence-corrected chi connectivity index (χ1v) is 5.90. The summed E-state index contributed by atoms with van der Waals surface area (Å²) in [6, 6.07) is 0.300. The fourth-order valence-corrected chi connectivity index (χ4v) is 2.04. The molecule has 1 aliphatic rings. The molecule has 3 heteroatoms. The highest BCUT2D eigenvalue weighted by molar-refractivity contribution is 5.73. The Balaban J connectivity index is 2.56. The molecular formula is C12H23NO2. The molecule has 0 aromatic carbocycles. The summed E-state index contributed by atoms with van der Waals surface area (Å²) in [5.74, 6) is 0.00419. The molecule has 2 atom stereocenters. The summed E-state index contributed by atoms with van der Waals surface area (Å²) >= 11 is 0. The van der Waals surface area contributed by atoms with Gasteiger partial charge in [0.25, 0.3) is 0 Å². The predicted molar refractivity (Wildman–Crippen MR) is 60.7 cm³/mol. The first kappa shape index (κ1) is 12.5. The van der Waals surface area contributed by atoms with E-state index in [2.05, 4.69) is 12.2 Å². The summed E-state index contributed by atoms with van der Waals surface area (Å²) in [4.78, 5) is 11.9. The van der Waals surface area contributed by atoms with Crippen molar-refractivity contribution < 1.29 is 9.53 Å². The van der Waals surface area contributed by atoms with E-state index in [1.54, 1.807) is 0 Å². The van der Waals surface area contributed by atoms with Gasteiger partial charge in [-0.1, -0.05) is 6.92 Å². The highest BCUT2D eigenvalue weighted by atomic mass is 16.6. The van der Waals surface area contributed by atoms with E-state index in [0.29, 0.717) is 6.04 Å². The van der Waals surface area contributed by atoms with Gasteiger partial charge in [-0.2, -0.15) is 0 Å². The largest absolute Gasteiger partial charge is 0.460 e. The van der Waals surface area contributed by atoms with Crippen molar-refractivity contribution in [1.29, 1.82) is 0 Å². The van der Waals surface area contributed by atoms with E-state index in [9.17, 15) is 4.79 Å². The van der Waals surface area contributed by atoms with Crippen LogP contribution in [0, 0.1) is 5.92 Å². The Morgan fingerprint density at radius 2 is 2.13 bits per heavy atom. The van der Waals surface area contributed by atoms with E-state index in [-0.39, 0.29) is 17.5 Å². The lowest BCUT2D eigenvalue weighted by Gasteiger charge is -2.32. The average molecular weight is 213 g/mol. The Kier molecular flexibility index (Phi) is 4.14. The first-order chi connectivity index (χ1) is 6.94. The Labute approximate surface area is 92.6 Å².